The summed E-state index contributed by atoms with van der Waals surface area (Å²) in [6.07, 6.45) is -5.87. The Morgan fingerprint density at radius 1 is 0.728 bits per heavy atom. The molecule has 0 spiro atoms. The number of nitrogens with zero attached hydrogens (tertiary/aromatic N) is 1. The zero-order valence-corrected chi connectivity index (χ0v) is 50.6. The molecule has 8 atom stereocenters. The molecule has 0 aromatic heterocycles. The number of anilines is 2. The second-order valence-electron chi connectivity index (χ2n) is 22.5. The van der Waals surface area contributed by atoms with Crippen molar-refractivity contribution in [1.82, 2.24) is 20.9 Å². The molecule has 0 unspecified atom stereocenters. The zero-order valence-electron chi connectivity index (χ0n) is 50.6. The normalized spacial score (nSPS) is 20.4. The Morgan fingerprint density at radius 2 is 1.36 bits per heavy atom. The summed E-state index contributed by atoms with van der Waals surface area (Å²) in [6.45, 7) is 4.16. The number of esters is 1. The number of Topliss-reactive ketones (excluding diaryl/α,β-unsaturated/α-hetero) is 1. The first-order valence-corrected chi connectivity index (χ1v) is 29.3. The van der Waals surface area contributed by atoms with Crippen LogP contribution in [0.4, 0.5) is 25.8 Å². The SMILES string of the molecule is COc1cccc2c1C(=O)c1c(O)c3c(c(O)c1C2=O)C[C@@](O)(C(=O)CO)C[C@@H]3O[C@H]1C[C@H](NC(=O)OCc2ccc(NC(=O)OCc3ccc(NC(=O)[C@H](C)NC(=O)[C@@H](NC(=O)OCOC(=O)CCCCCN4C(=O)C=CC4=O)C(C)C)cc3)cc2)[C@H](O)[C@H](C)O1. The van der Waals surface area contributed by atoms with Crippen LogP contribution in [0.2, 0.25) is 0 Å². The molecule has 2 aliphatic carbocycles. The predicted octanol–water partition coefficient (Wildman–Crippen LogP) is 3.90. The fourth-order valence-electron chi connectivity index (χ4n) is 10.8. The highest BCUT2D eigenvalue weighted by atomic mass is 16.7. The number of carbonyl (C=O) groups is 11. The number of aliphatic hydroxyl groups excluding tert-OH is 2. The number of hydrogen-bond acceptors (Lipinski definition) is 23. The molecule has 0 bridgehead atoms. The van der Waals surface area contributed by atoms with Crippen molar-refractivity contribution in [3.8, 4) is 17.2 Å². The van der Waals surface area contributed by atoms with E-state index in [1.807, 2.05) is 0 Å². The average Bonchev–Trinajstić information content (AvgIpc) is 0.758. The highest BCUT2D eigenvalue weighted by molar-refractivity contribution is 6.31. The van der Waals surface area contributed by atoms with Gasteiger partial charge in [-0.1, -0.05) is 56.7 Å². The van der Waals surface area contributed by atoms with Gasteiger partial charge in [-0.25, -0.2) is 14.4 Å². The van der Waals surface area contributed by atoms with Gasteiger partial charge >= 0.3 is 24.2 Å². The largest absolute Gasteiger partial charge is 0.507 e. The smallest absolute Gasteiger partial charge is 0.411 e. The fraction of sp³-hybridized carbons (Fsp3) is 0.413. The van der Waals surface area contributed by atoms with Gasteiger partial charge in [0.1, 0.15) is 60.9 Å². The minimum absolute atomic E-state index is 0.00523. The van der Waals surface area contributed by atoms with Crippen molar-refractivity contribution in [3.63, 3.8) is 0 Å². The van der Waals surface area contributed by atoms with Gasteiger partial charge in [0.05, 0.1) is 42.0 Å². The summed E-state index contributed by atoms with van der Waals surface area (Å²) in [7, 11) is 1.28. The number of phenolic OH excluding ortho intramolecular Hbond substituents is 2. The number of unbranched alkanes of at least 4 members (excludes halogenated alkanes) is 2. The van der Waals surface area contributed by atoms with Crippen LogP contribution < -0.4 is 31.3 Å². The summed E-state index contributed by atoms with van der Waals surface area (Å²) in [4.78, 5) is 142. The minimum Gasteiger partial charge on any atom is -0.507 e. The molecule has 10 N–H and O–H groups in total. The van der Waals surface area contributed by atoms with Crippen LogP contribution in [0.3, 0.4) is 0 Å². The molecular weight excluding hydrogens is 1210 g/mol. The lowest BCUT2D eigenvalue weighted by atomic mass is 9.72. The van der Waals surface area contributed by atoms with Gasteiger partial charge in [0.25, 0.3) is 11.8 Å². The molecule has 2 heterocycles. The van der Waals surface area contributed by atoms with Gasteiger partial charge in [-0.3, -0.25) is 48.6 Å². The molecule has 1 fully saturated rings. The van der Waals surface area contributed by atoms with E-state index in [9.17, 15) is 78.3 Å². The van der Waals surface area contributed by atoms with Crippen molar-refractivity contribution in [1.29, 1.82) is 0 Å². The van der Waals surface area contributed by atoms with E-state index in [-0.39, 0.29) is 72.4 Å². The van der Waals surface area contributed by atoms with Gasteiger partial charge in [-0.2, -0.15) is 0 Å². The summed E-state index contributed by atoms with van der Waals surface area (Å²) in [5.74, 6) is -7.50. The maximum Gasteiger partial charge on any atom is 0.411 e. The van der Waals surface area contributed by atoms with Crippen molar-refractivity contribution >= 4 is 76.6 Å². The lowest BCUT2D eigenvalue weighted by molar-refractivity contribution is -0.249. The lowest BCUT2D eigenvalue weighted by Gasteiger charge is -2.42. The molecule has 8 rings (SSSR count). The van der Waals surface area contributed by atoms with Crippen LogP contribution in [-0.4, -0.2) is 165 Å². The first-order chi connectivity index (χ1) is 43.8. The molecule has 1 saturated heterocycles. The van der Waals surface area contributed by atoms with Crippen molar-refractivity contribution in [2.75, 3.05) is 37.7 Å². The van der Waals surface area contributed by atoms with Gasteiger partial charge in [0, 0.05) is 72.4 Å². The quantitative estimate of drug-likeness (QED) is 0.00989. The number of ketones is 3. The Kier molecular flexibility index (Phi) is 22.1. The van der Waals surface area contributed by atoms with E-state index in [0.29, 0.717) is 41.8 Å². The number of aromatic hydroxyl groups is 2. The third-order valence-electron chi connectivity index (χ3n) is 15.8. The van der Waals surface area contributed by atoms with Crippen LogP contribution in [0.15, 0.2) is 78.9 Å². The Labute approximate surface area is 525 Å². The molecular formula is C63H70N6O23. The van der Waals surface area contributed by atoms with E-state index in [1.165, 1.54) is 63.4 Å². The van der Waals surface area contributed by atoms with Gasteiger partial charge in [-0.05, 0) is 74.1 Å². The van der Waals surface area contributed by atoms with Crippen LogP contribution in [0.1, 0.15) is 126 Å². The number of methoxy groups -OCH3 is 1. The number of hydrogen-bond donors (Lipinski definition) is 10. The van der Waals surface area contributed by atoms with Crippen LogP contribution in [0.25, 0.3) is 0 Å². The lowest BCUT2D eigenvalue weighted by Crippen LogP contribution is -2.56. The Morgan fingerprint density at radius 3 is 1.99 bits per heavy atom. The molecule has 4 aromatic carbocycles. The molecule has 92 heavy (non-hydrogen) atoms. The number of rotatable bonds is 25. The summed E-state index contributed by atoms with van der Waals surface area (Å²) in [6, 6.07) is 13.4. The van der Waals surface area contributed by atoms with E-state index in [2.05, 4.69) is 26.6 Å². The monoisotopic (exact) mass is 1280 g/mol. The second-order valence-corrected chi connectivity index (χ2v) is 22.5. The van der Waals surface area contributed by atoms with Crippen molar-refractivity contribution in [3.05, 3.63) is 123 Å². The average molecular weight is 1280 g/mol. The molecule has 29 heteroatoms. The molecule has 4 aliphatic rings. The Bertz CT molecular complexity index is 3540. The van der Waals surface area contributed by atoms with E-state index in [0.717, 1.165) is 4.90 Å². The molecule has 4 aromatic rings. The van der Waals surface area contributed by atoms with Gasteiger partial charge in [0.2, 0.25) is 24.4 Å². The number of ether oxygens (including phenoxy) is 7. The van der Waals surface area contributed by atoms with Crippen molar-refractivity contribution in [2.24, 2.45) is 5.92 Å². The van der Waals surface area contributed by atoms with Gasteiger partial charge in [-0.15, -0.1) is 0 Å². The Balaban J connectivity index is 0.754. The topological polar surface area (TPSA) is 417 Å². The van der Waals surface area contributed by atoms with E-state index in [4.69, 9.17) is 33.2 Å². The summed E-state index contributed by atoms with van der Waals surface area (Å²) >= 11 is 0. The van der Waals surface area contributed by atoms with E-state index < -0.39 is 157 Å². The highest BCUT2D eigenvalue weighted by Gasteiger charge is 2.50. The molecule has 29 nitrogen and oxygen atoms in total. The number of amides is 7. The maximum atomic E-state index is 14.1. The minimum atomic E-state index is -2.41. The number of phenols is 2. The van der Waals surface area contributed by atoms with Crippen LogP contribution in [0.5, 0.6) is 17.2 Å². The predicted molar refractivity (Wildman–Crippen MR) is 317 cm³/mol. The first kappa shape index (κ1) is 68.1. The van der Waals surface area contributed by atoms with Gasteiger partial charge in [0.15, 0.2) is 17.9 Å². The third kappa shape index (κ3) is 16.0. The first-order valence-electron chi connectivity index (χ1n) is 29.3. The van der Waals surface area contributed by atoms with Crippen molar-refractivity contribution < 1.29 is 111 Å². The highest BCUT2D eigenvalue weighted by Crippen LogP contribution is 2.52. The number of benzene rings is 4. The standard InChI is InChI=1S/C63H70N6O23/c1-31(2)52(68-62(84)90-30-89-46(74)12-7-6-8-23-69-44(72)21-22-45(69)73)59(81)64-32(3)58(80)65-36-17-13-34(14-18-36)28-87-60(82)66-37-19-15-35(16-20-37)29-88-61(83)67-40-24-47(91-33(4)53(40)75)92-42-26-63(85,43(71)27-70)25-39-49(42)57(79)51-50(55(39)77)54(76)38-10-9-11-41(86-5)48(38)56(51)78/h9-11,13-22,31-33,40,42,47,52-53,70,75,77,79,85H,6-8,12,23-30H2,1-5H3,(H,64,81)(H,65,80)(H,66,82)(H,67,83)(H,68,84)/t32-,33-,40-,42-,47-,52-,53+,63-/m0/s1. The second kappa shape index (κ2) is 29.9. The van der Waals surface area contributed by atoms with Gasteiger partial charge < -0.3 is 80.0 Å². The molecule has 0 saturated carbocycles. The van der Waals surface area contributed by atoms with E-state index in [1.54, 1.807) is 50.2 Å². The molecule has 2 aliphatic heterocycles. The Hall–Kier alpha value is -9.81. The van der Waals surface area contributed by atoms with E-state index >= 15 is 0 Å². The third-order valence-corrected chi connectivity index (χ3v) is 15.8. The summed E-state index contributed by atoms with van der Waals surface area (Å²) < 4.78 is 38.1. The maximum absolute atomic E-state index is 14.1. The number of fused-ring (bicyclic) bond motifs is 3. The number of nitrogens with one attached hydrogen (secondary N) is 5. The summed E-state index contributed by atoms with van der Waals surface area (Å²) in [5, 5.41) is 68.9. The fourth-order valence-corrected chi connectivity index (χ4v) is 10.8. The molecule has 490 valence electrons. The molecule has 0 radical (unpaired) electrons. The number of aliphatic hydroxyl groups is 3. The van der Waals surface area contributed by atoms with Crippen molar-refractivity contribution in [2.45, 2.75) is 134 Å². The number of imide groups is 1. The molecule has 7 amide bonds. The number of carbonyl (C=O) groups excluding carboxylic acids is 11. The van der Waals surface area contributed by atoms with Crippen LogP contribution >= 0.6 is 0 Å². The summed E-state index contributed by atoms with van der Waals surface area (Å²) in [5.41, 5.74) is -2.70. The number of alkyl carbamates (subject to hydrolysis) is 2. The zero-order chi connectivity index (χ0) is 66.7. The van der Waals surface area contributed by atoms with Crippen LogP contribution in [-0.2, 0) is 76.8 Å². The van der Waals surface area contributed by atoms with Crippen LogP contribution in [0, 0.1) is 5.92 Å².